The highest BCUT2D eigenvalue weighted by Gasteiger charge is 2.27. The van der Waals surface area contributed by atoms with Gasteiger partial charge in [-0.25, -0.2) is 0 Å². The van der Waals surface area contributed by atoms with Crippen molar-refractivity contribution in [3.05, 3.63) is 99.5 Å². The third kappa shape index (κ3) is 3.55. The Kier molecular flexibility index (Phi) is 5.42. The lowest BCUT2D eigenvalue weighted by molar-refractivity contribution is 0.0974. The summed E-state index contributed by atoms with van der Waals surface area (Å²) in [5, 5.41) is 0.641. The van der Waals surface area contributed by atoms with E-state index >= 15 is 0 Å². The maximum absolute atomic E-state index is 13.2. The molecular weight excluding hydrogens is 355 g/mol. The molecule has 0 radical (unpaired) electrons. The van der Waals surface area contributed by atoms with Gasteiger partial charge in [0.25, 0.3) is 0 Å². The zero-order chi connectivity index (χ0) is 17.8. The first-order valence-electron chi connectivity index (χ1n) is 7.79. The van der Waals surface area contributed by atoms with Gasteiger partial charge in [0.15, 0.2) is 5.78 Å². The molecule has 126 valence electrons. The topological polar surface area (TPSA) is 26.3 Å². The SMILES string of the molecule is COc1ccc([C@@H](C(=O)c2ccccc2)c2ccccc2)c(Cl)c1Cl. The third-order valence-corrected chi connectivity index (χ3v) is 4.94. The van der Waals surface area contributed by atoms with Crippen LogP contribution < -0.4 is 4.74 Å². The fourth-order valence-electron chi connectivity index (χ4n) is 2.81. The minimum Gasteiger partial charge on any atom is -0.495 e. The Balaban J connectivity index is 2.16. The average Bonchev–Trinajstić information content (AvgIpc) is 2.67. The highest BCUT2D eigenvalue weighted by molar-refractivity contribution is 6.43. The lowest BCUT2D eigenvalue weighted by atomic mass is 9.85. The van der Waals surface area contributed by atoms with Crippen molar-refractivity contribution in [2.24, 2.45) is 0 Å². The number of ketones is 1. The molecule has 1 atom stereocenters. The second kappa shape index (κ2) is 7.73. The molecule has 0 saturated carbocycles. The minimum absolute atomic E-state index is 0.0325. The normalized spacial score (nSPS) is 11.8. The molecule has 0 saturated heterocycles. The zero-order valence-electron chi connectivity index (χ0n) is 13.6. The molecule has 0 aliphatic heterocycles. The summed E-state index contributed by atoms with van der Waals surface area (Å²) in [6.07, 6.45) is 0. The molecule has 0 unspecified atom stereocenters. The highest BCUT2D eigenvalue weighted by atomic mass is 35.5. The summed E-state index contributed by atoms with van der Waals surface area (Å²) < 4.78 is 5.21. The van der Waals surface area contributed by atoms with Crippen LogP contribution >= 0.6 is 23.2 Å². The largest absolute Gasteiger partial charge is 0.495 e. The van der Waals surface area contributed by atoms with Crippen LogP contribution in [0, 0.1) is 0 Å². The molecule has 25 heavy (non-hydrogen) atoms. The molecule has 0 aliphatic rings. The van der Waals surface area contributed by atoms with Gasteiger partial charge in [-0.05, 0) is 17.2 Å². The van der Waals surface area contributed by atoms with E-state index in [-0.39, 0.29) is 5.78 Å². The number of rotatable bonds is 5. The maximum Gasteiger partial charge on any atom is 0.174 e. The Morgan fingerprint density at radius 3 is 2.04 bits per heavy atom. The summed E-state index contributed by atoms with van der Waals surface area (Å²) in [6, 6.07) is 22.3. The molecule has 3 aromatic carbocycles. The van der Waals surface area contributed by atoms with E-state index in [1.807, 2.05) is 48.5 Å². The lowest BCUT2D eigenvalue weighted by Crippen LogP contribution is -2.15. The molecule has 4 heteroatoms. The van der Waals surface area contributed by atoms with Gasteiger partial charge in [0.1, 0.15) is 10.8 Å². The Hall–Kier alpha value is -2.29. The van der Waals surface area contributed by atoms with E-state index in [1.165, 1.54) is 7.11 Å². The second-order valence-corrected chi connectivity index (χ2v) is 6.31. The summed E-state index contributed by atoms with van der Waals surface area (Å²) in [6.45, 7) is 0. The van der Waals surface area contributed by atoms with Crippen molar-refractivity contribution in [2.75, 3.05) is 7.11 Å². The Bertz CT molecular complexity index is 877. The summed E-state index contributed by atoms with van der Waals surface area (Å²) in [5.41, 5.74) is 2.14. The molecule has 0 bridgehead atoms. The standard InChI is InChI=1S/C21H16Cl2O2/c1-25-17-13-12-16(19(22)20(17)23)18(14-8-4-2-5-9-14)21(24)15-10-6-3-7-11-15/h2-13,18H,1H3/t18-/m0/s1. The summed E-state index contributed by atoms with van der Waals surface area (Å²) in [4.78, 5) is 13.2. The van der Waals surface area contributed by atoms with Crippen LogP contribution in [-0.4, -0.2) is 12.9 Å². The number of hydrogen-bond donors (Lipinski definition) is 0. The number of carbonyl (C=O) groups is 1. The third-order valence-electron chi connectivity index (χ3n) is 4.06. The van der Waals surface area contributed by atoms with Crippen LogP contribution in [-0.2, 0) is 0 Å². The summed E-state index contributed by atoms with van der Waals surface area (Å²) in [7, 11) is 1.53. The lowest BCUT2D eigenvalue weighted by Gasteiger charge is -2.20. The molecule has 0 N–H and O–H groups in total. The van der Waals surface area contributed by atoms with Crippen LogP contribution in [0.4, 0.5) is 0 Å². The monoisotopic (exact) mass is 370 g/mol. The number of benzene rings is 3. The molecule has 3 rings (SSSR count). The van der Waals surface area contributed by atoms with Crippen molar-refractivity contribution in [2.45, 2.75) is 5.92 Å². The molecule has 0 amide bonds. The first-order chi connectivity index (χ1) is 12.1. The van der Waals surface area contributed by atoms with Gasteiger partial charge in [-0.15, -0.1) is 0 Å². The van der Waals surface area contributed by atoms with Gasteiger partial charge in [-0.1, -0.05) is 89.9 Å². The fourth-order valence-corrected chi connectivity index (χ4v) is 3.33. The van der Waals surface area contributed by atoms with E-state index < -0.39 is 5.92 Å². The van der Waals surface area contributed by atoms with Crippen LogP contribution in [0.3, 0.4) is 0 Å². The van der Waals surface area contributed by atoms with Gasteiger partial charge in [-0.3, -0.25) is 4.79 Å². The van der Waals surface area contributed by atoms with Gasteiger partial charge in [0, 0.05) is 5.56 Å². The molecule has 0 spiro atoms. The number of hydrogen-bond acceptors (Lipinski definition) is 2. The predicted molar refractivity (Wildman–Crippen MR) is 102 cm³/mol. The Morgan fingerprint density at radius 2 is 1.44 bits per heavy atom. The number of carbonyl (C=O) groups excluding carboxylic acids is 1. The molecule has 0 heterocycles. The molecule has 2 nitrogen and oxygen atoms in total. The smallest absolute Gasteiger partial charge is 0.174 e. The van der Waals surface area contributed by atoms with E-state index in [0.717, 1.165) is 5.56 Å². The molecule has 3 aromatic rings. The van der Waals surface area contributed by atoms with Crippen LogP contribution in [0.15, 0.2) is 72.8 Å². The summed E-state index contributed by atoms with van der Waals surface area (Å²) >= 11 is 12.8. The first kappa shape index (κ1) is 17.5. The zero-order valence-corrected chi connectivity index (χ0v) is 15.1. The van der Waals surface area contributed by atoms with Crippen molar-refractivity contribution >= 4 is 29.0 Å². The predicted octanol–water partition coefficient (Wildman–Crippen LogP) is 6.02. The van der Waals surface area contributed by atoms with Crippen LogP contribution in [0.5, 0.6) is 5.75 Å². The van der Waals surface area contributed by atoms with Gasteiger partial charge >= 0.3 is 0 Å². The molecule has 0 fully saturated rings. The minimum atomic E-state index is -0.542. The second-order valence-electron chi connectivity index (χ2n) is 5.56. The van der Waals surface area contributed by atoms with Crippen LogP contribution in [0.1, 0.15) is 27.4 Å². The number of ether oxygens (including phenoxy) is 1. The number of methoxy groups -OCH3 is 1. The fraction of sp³-hybridized carbons (Fsp3) is 0.0952. The van der Waals surface area contributed by atoms with Gasteiger partial charge in [0.2, 0.25) is 0 Å². The number of Topliss-reactive ketones (excluding diaryl/α,β-unsaturated/α-hetero) is 1. The van der Waals surface area contributed by atoms with Gasteiger partial charge < -0.3 is 4.74 Å². The van der Waals surface area contributed by atoms with E-state index in [4.69, 9.17) is 27.9 Å². The van der Waals surface area contributed by atoms with Crippen molar-refractivity contribution < 1.29 is 9.53 Å². The highest BCUT2D eigenvalue weighted by Crippen LogP contribution is 2.40. The average molecular weight is 371 g/mol. The summed E-state index contributed by atoms with van der Waals surface area (Å²) in [5.74, 6) is -0.0937. The van der Waals surface area contributed by atoms with Gasteiger partial charge in [-0.2, -0.15) is 0 Å². The number of halogens is 2. The van der Waals surface area contributed by atoms with E-state index in [1.54, 1.807) is 24.3 Å². The van der Waals surface area contributed by atoms with Crippen molar-refractivity contribution in [1.29, 1.82) is 0 Å². The quantitative estimate of drug-likeness (QED) is 0.513. The van der Waals surface area contributed by atoms with Crippen LogP contribution in [0.2, 0.25) is 10.0 Å². The maximum atomic E-state index is 13.2. The van der Waals surface area contributed by atoms with E-state index in [2.05, 4.69) is 0 Å². The first-order valence-corrected chi connectivity index (χ1v) is 8.55. The van der Waals surface area contributed by atoms with E-state index in [0.29, 0.717) is 26.9 Å². The Morgan fingerprint density at radius 1 is 0.840 bits per heavy atom. The van der Waals surface area contributed by atoms with Crippen molar-refractivity contribution in [3.8, 4) is 5.75 Å². The molecular formula is C21H16Cl2O2. The van der Waals surface area contributed by atoms with Crippen molar-refractivity contribution in [1.82, 2.24) is 0 Å². The van der Waals surface area contributed by atoms with Crippen molar-refractivity contribution in [3.63, 3.8) is 0 Å². The van der Waals surface area contributed by atoms with Gasteiger partial charge in [0.05, 0.1) is 18.1 Å². The van der Waals surface area contributed by atoms with Crippen LogP contribution in [0.25, 0.3) is 0 Å². The Labute approximate surface area is 157 Å². The molecule has 0 aliphatic carbocycles. The molecule has 0 aromatic heterocycles. The van der Waals surface area contributed by atoms with E-state index in [9.17, 15) is 4.79 Å².